The molecule has 1 amide bonds. The third-order valence-electron chi connectivity index (χ3n) is 5.92. The molecule has 1 aliphatic heterocycles. The molecular formula is C20H21NOS. The molecule has 2 aromatic rings. The lowest BCUT2D eigenvalue weighted by Crippen LogP contribution is -2.31. The van der Waals surface area contributed by atoms with Crippen molar-refractivity contribution in [1.29, 1.82) is 0 Å². The number of benzene rings is 2. The fraction of sp³-hybridized carbons (Fsp3) is 0.350. The van der Waals surface area contributed by atoms with Crippen LogP contribution in [0.4, 0.5) is 11.4 Å². The van der Waals surface area contributed by atoms with E-state index in [2.05, 4.69) is 52.0 Å². The van der Waals surface area contributed by atoms with Crippen molar-refractivity contribution in [3.05, 3.63) is 48.5 Å². The molecule has 0 unspecified atom stereocenters. The zero-order valence-corrected chi connectivity index (χ0v) is 14.8. The van der Waals surface area contributed by atoms with Gasteiger partial charge in [0, 0.05) is 9.79 Å². The summed E-state index contributed by atoms with van der Waals surface area (Å²) in [6.45, 7) is 8.80. The first-order valence-electron chi connectivity index (χ1n) is 8.05. The van der Waals surface area contributed by atoms with Gasteiger partial charge < -0.3 is 0 Å². The third-order valence-corrected chi connectivity index (χ3v) is 7.05. The maximum atomic E-state index is 13.4. The molecule has 23 heavy (non-hydrogen) atoms. The quantitative estimate of drug-likeness (QED) is 0.691. The lowest BCUT2D eigenvalue weighted by Gasteiger charge is -2.31. The molecule has 1 heterocycles. The minimum absolute atomic E-state index is 0.0402. The minimum Gasteiger partial charge on any atom is -0.278 e. The summed E-state index contributed by atoms with van der Waals surface area (Å²) in [7, 11) is 0. The summed E-state index contributed by atoms with van der Waals surface area (Å²) < 4.78 is 0. The monoisotopic (exact) mass is 323 g/mol. The van der Waals surface area contributed by atoms with Crippen molar-refractivity contribution in [3.8, 4) is 0 Å². The summed E-state index contributed by atoms with van der Waals surface area (Å²) >= 11 is 1.74. The van der Waals surface area contributed by atoms with Crippen molar-refractivity contribution >= 4 is 29.0 Å². The standard InChI is InChI=1S/C20H21NOS/c1-19(2)17(20(19,3)4)18(22)21-13-9-5-7-11-15(13)23-16-12-8-6-10-14(16)21/h5-12,17H,1-4H3. The lowest BCUT2D eigenvalue weighted by atomic mass is 10.0. The number of amides is 1. The Bertz CT molecular complexity index is 749. The average Bonchev–Trinajstić information content (AvgIpc) is 2.93. The zero-order chi connectivity index (χ0) is 16.4. The summed E-state index contributed by atoms with van der Waals surface area (Å²) in [5.74, 6) is 0.277. The number of nitrogens with zero attached hydrogens (tertiary/aromatic N) is 1. The largest absolute Gasteiger partial charge is 0.278 e. The SMILES string of the molecule is CC1(C)C(C(=O)N2c3ccccc3Sc3ccccc32)C1(C)C. The van der Waals surface area contributed by atoms with Gasteiger partial charge in [-0.1, -0.05) is 63.7 Å². The van der Waals surface area contributed by atoms with Crippen LogP contribution in [0.15, 0.2) is 58.3 Å². The summed E-state index contributed by atoms with van der Waals surface area (Å²) in [6, 6.07) is 16.4. The number of rotatable bonds is 1. The van der Waals surface area contributed by atoms with Gasteiger partial charge in [-0.3, -0.25) is 9.69 Å². The minimum atomic E-state index is 0.0402. The number of hydrogen-bond donors (Lipinski definition) is 0. The van der Waals surface area contributed by atoms with Crippen molar-refractivity contribution in [3.63, 3.8) is 0 Å². The Balaban J connectivity index is 1.84. The Morgan fingerprint density at radius 2 is 1.30 bits per heavy atom. The smallest absolute Gasteiger partial charge is 0.235 e. The summed E-state index contributed by atoms with van der Waals surface area (Å²) in [6.07, 6.45) is 0. The highest BCUT2D eigenvalue weighted by atomic mass is 32.2. The van der Waals surface area contributed by atoms with Crippen LogP contribution in [0.25, 0.3) is 0 Å². The highest BCUT2D eigenvalue weighted by Gasteiger charge is 2.69. The van der Waals surface area contributed by atoms with Gasteiger partial charge in [-0.05, 0) is 35.1 Å². The Kier molecular flexibility index (Phi) is 2.99. The van der Waals surface area contributed by atoms with E-state index in [4.69, 9.17) is 0 Å². The second-order valence-corrected chi connectivity index (χ2v) is 8.67. The number of carbonyl (C=O) groups is 1. The van der Waals surface area contributed by atoms with Crippen LogP contribution in [0, 0.1) is 16.7 Å². The van der Waals surface area contributed by atoms with E-state index < -0.39 is 0 Å². The number of para-hydroxylation sites is 2. The van der Waals surface area contributed by atoms with Crippen molar-refractivity contribution < 1.29 is 4.79 Å². The van der Waals surface area contributed by atoms with Crippen LogP contribution in [0.5, 0.6) is 0 Å². The predicted octanol–water partition coefficient (Wildman–Crippen LogP) is 5.50. The highest BCUT2D eigenvalue weighted by molar-refractivity contribution is 7.99. The predicted molar refractivity (Wildman–Crippen MR) is 95.2 cm³/mol. The van der Waals surface area contributed by atoms with Crippen LogP contribution >= 0.6 is 11.8 Å². The van der Waals surface area contributed by atoms with Gasteiger partial charge in [0.2, 0.25) is 5.91 Å². The molecule has 118 valence electrons. The molecule has 1 aliphatic carbocycles. The number of anilines is 2. The second-order valence-electron chi connectivity index (χ2n) is 7.59. The van der Waals surface area contributed by atoms with Gasteiger partial charge in [0.05, 0.1) is 17.3 Å². The normalized spacial score (nSPS) is 20.6. The molecule has 2 aromatic carbocycles. The fourth-order valence-corrected chi connectivity index (χ4v) is 4.94. The lowest BCUT2D eigenvalue weighted by molar-refractivity contribution is -0.120. The summed E-state index contributed by atoms with van der Waals surface area (Å²) in [5.41, 5.74) is 2.11. The van der Waals surface area contributed by atoms with E-state index in [9.17, 15) is 4.79 Å². The molecule has 0 N–H and O–H groups in total. The number of fused-ring (bicyclic) bond motifs is 2. The van der Waals surface area contributed by atoms with E-state index in [0.29, 0.717) is 0 Å². The maximum Gasteiger partial charge on any atom is 0.235 e. The molecule has 0 saturated heterocycles. The first-order valence-corrected chi connectivity index (χ1v) is 8.87. The highest BCUT2D eigenvalue weighted by Crippen LogP contribution is 2.69. The first kappa shape index (κ1) is 14.8. The van der Waals surface area contributed by atoms with Gasteiger partial charge in [0.1, 0.15) is 0 Å². The average molecular weight is 323 g/mol. The third kappa shape index (κ3) is 1.92. The molecule has 2 nitrogen and oxygen atoms in total. The van der Waals surface area contributed by atoms with Crippen molar-refractivity contribution in [1.82, 2.24) is 0 Å². The molecule has 1 saturated carbocycles. The topological polar surface area (TPSA) is 20.3 Å². The van der Waals surface area contributed by atoms with Gasteiger partial charge in [-0.15, -0.1) is 0 Å². The molecule has 0 bridgehead atoms. The Morgan fingerprint density at radius 3 is 1.74 bits per heavy atom. The van der Waals surface area contributed by atoms with Gasteiger partial charge >= 0.3 is 0 Å². The Labute approximate surface area is 141 Å². The van der Waals surface area contributed by atoms with Crippen LogP contribution in [-0.4, -0.2) is 5.91 Å². The Morgan fingerprint density at radius 1 is 0.870 bits per heavy atom. The van der Waals surface area contributed by atoms with Crippen molar-refractivity contribution in [2.75, 3.05) is 4.90 Å². The van der Waals surface area contributed by atoms with Crippen LogP contribution in [-0.2, 0) is 4.79 Å². The van der Waals surface area contributed by atoms with E-state index in [0.717, 1.165) is 21.2 Å². The summed E-state index contributed by atoms with van der Waals surface area (Å²) in [5, 5.41) is 0. The Hall–Kier alpha value is -1.74. The number of carbonyl (C=O) groups excluding carboxylic acids is 1. The number of hydrogen-bond acceptors (Lipinski definition) is 2. The zero-order valence-electron chi connectivity index (χ0n) is 14.0. The molecule has 1 fully saturated rings. The van der Waals surface area contributed by atoms with Gasteiger partial charge in [-0.25, -0.2) is 0 Å². The van der Waals surface area contributed by atoms with E-state index in [1.54, 1.807) is 11.8 Å². The molecule has 0 atom stereocenters. The van der Waals surface area contributed by atoms with Crippen molar-refractivity contribution in [2.24, 2.45) is 16.7 Å². The molecule has 0 radical (unpaired) electrons. The van der Waals surface area contributed by atoms with E-state index in [1.165, 1.54) is 0 Å². The maximum absolute atomic E-state index is 13.4. The molecule has 2 aliphatic rings. The van der Waals surface area contributed by atoms with Gasteiger partial charge in [0.15, 0.2) is 0 Å². The van der Waals surface area contributed by atoms with E-state index in [1.807, 2.05) is 29.2 Å². The van der Waals surface area contributed by atoms with Crippen LogP contribution < -0.4 is 4.90 Å². The van der Waals surface area contributed by atoms with Crippen LogP contribution in [0.2, 0.25) is 0 Å². The second kappa shape index (κ2) is 4.64. The fourth-order valence-electron chi connectivity index (χ4n) is 3.88. The van der Waals surface area contributed by atoms with E-state index >= 15 is 0 Å². The molecule has 0 aromatic heterocycles. The molecular weight excluding hydrogens is 302 g/mol. The molecule has 3 heteroatoms. The van der Waals surface area contributed by atoms with Crippen LogP contribution in [0.3, 0.4) is 0 Å². The van der Waals surface area contributed by atoms with Gasteiger partial charge in [-0.2, -0.15) is 0 Å². The van der Waals surface area contributed by atoms with Crippen LogP contribution in [0.1, 0.15) is 27.7 Å². The van der Waals surface area contributed by atoms with E-state index in [-0.39, 0.29) is 22.7 Å². The molecule has 4 rings (SSSR count). The van der Waals surface area contributed by atoms with Crippen molar-refractivity contribution in [2.45, 2.75) is 37.5 Å². The summed E-state index contributed by atoms with van der Waals surface area (Å²) in [4.78, 5) is 17.7. The molecule has 0 spiro atoms. The first-order chi connectivity index (χ1) is 10.9. The van der Waals surface area contributed by atoms with Gasteiger partial charge in [0.25, 0.3) is 0 Å².